The van der Waals surface area contributed by atoms with Crippen molar-refractivity contribution in [3.8, 4) is 17.5 Å². The van der Waals surface area contributed by atoms with E-state index < -0.39 is 12.2 Å². The molecule has 0 spiro atoms. The van der Waals surface area contributed by atoms with Gasteiger partial charge in [-0.1, -0.05) is 18.2 Å². The van der Waals surface area contributed by atoms with Crippen LogP contribution in [0.4, 0.5) is 13.2 Å². The molecule has 0 amide bonds. The first-order valence-corrected chi connectivity index (χ1v) is 10.1. The van der Waals surface area contributed by atoms with Crippen LogP contribution in [0.3, 0.4) is 0 Å². The monoisotopic (exact) mass is 412 g/mol. The lowest BCUT2D eigenvalue weighted by atomic mass is 9.92. The minimum Gasteiger partial charge on any atom is -0.335 e. The maximum absolute atomic E-state index is 12.7. The maximum Gasteiger partial charge on any atom is 0.403 e. The van der Waals surface area contributed by atoms with Gasteiger partial charge < -0.3 is 9.88 Å². The number of rotatable bonds is 5. The average molecular weight is 412 g/mol. The fraction of sp³-hybridized carbons (Fsp3) is 0.391. The van der Waals surface area contributed by atoms with Gasteiger partial charge in [-0.3, -0.25) is 4.98 Å². The average Bonchev–Trinajstić information content (AvgIpc) is 2.97. The predicted molar refractivity (Wildman–Crippen MR) is 110 cm³/mol. The number of nitrogens with zero attached hydrogens (tertiary/aromatic N) is 3. The highest BCUT2D eigenvalue weighted by Crippen LogP contribution is 2.42. The van der Waals surface area contributed by atoms with Crippen LogP contribution in [0.5, 0.6) is 0 Å². The van der Waals surface area contributed by atoms with Gasteiger partial charge in [0, 0.05) is 24.2 Å². The van der Waals surface area contributed by atoms with Crippen molar-refractivity contribution in [1.82, 2.24) is 14.9 Å². The molecule has 1 fully saturated rings. The third-order valence-corrected chi connectivity index (χ3v) is 5.88. The van der Waals surface area contributed by atoms with Crippen LogP contribution in [0.15, 0.2) is 36.5 Å². The molecular weight excluding hydrogens is 389 g/mol. The molecule has 0 radical (unpaired) electrons. The van der Waals surface area contributed by atoms with E-state index in [1.807, 2.05) is 19.1 Å². The van der Waals surface area contributed by atoms with Crippen molar-refractivity contribution < 1.29 is 13.2 Å². The van der Waals surface area contributed by atoms with Crippen LogP contribution in [0, 0.1) is 18.3 Å². The van der Waals surface area contributed by atoms with E-state index >= 15 is 0 Å². The van der Waals surface area contributed by atoms with Gasteiger partial charge in [0.05, 0.1) is 22.5 Å². The van der Waals surface area contributed by atoms with Gasteiger partial charge in [-0.2, -0.15) is 18.4 Å². The fourth-order valence-electron chi connectivity index (χ4n) is 3.87. The van der Waals surface area contributed by atoms with E-state index in [0.29, 0.717) is 22.9 Å². The van der Waals surface area contributed by atoms with Crippen molar-refractivity contribution >= 4 is 10.9 Å². The number of benzene rings is 1. The third-order valence-electron chi connectivity index (χ3n) is 5.88. The summed E-state index contributed by atoms with van der Waals surface area (Å²) < 4.78 is 40.3. The SMILES string of the molecule is Cc1ccc2c(C#N)c(-c3ccc(CNC(C)C(F)(F)F)cn3)n(C3CCC3)c2c1. The van der Waals surface area contributed by atoms with E-state index in [0.717, 1.165) is 48.3 Å². The van der Waals surface area contributed by atoms with Crippen LogP contribution in [0.1, 0.15) is 48.9 Å². The van der Waals surface area contributed by atoms with E-state index in [4.69, 9.17) is 0 Å². The molecule has 1 aliphatic carbocycles. The Morgan fingerprint density at radius 3 is 2.60 bits per heavy atom. The zero-order valence-corrected chi connectivity index (χ0v) is 16.9. The van der Waals surface area contributed by atoms with Gasteiger partial charge in [0.15, 0.2) is 0 Å². The van der Waals surface area contributed by atoms with Crippen molar-refractivity contribution in [3.63, 3.8) is 0 Å². The highest BCUT2D eigenvalue weighted by molar-refractivity contribution is 5.94. The molecule has 1 aliphatic rings. The van der Waals surface area contributed by atoms with Gasteiger partial charge in [-0.15, -0.1) is 0 Å². The highest BCUT2D eigenvalue weighted by atomic mass is 19.4. The second-order valence-electron chi connectivity index (χ2n) is 8.01. The molecule has 2 aromatic heterocycles. The van der Waals surface area contributed by atoms with Gasteiger partial charge in [0.2, 0.25) is 0 Å². The molecule has 0 aliphatic heterocycles. The number of hydrogen-bond donors (Lipinski definition) is 1. The maximum atomic E-state index is 12.7. The molecule has 156 valence electrons. The summed E-state index contributed by atoms with van der Waals surface area (Å²) in [5.41, 5.74) is 4.89. The van der Waals surface area contributed by atoms with E-state index in [2.05, 4.69) is 27.0 Å². The molecule has 30 heavy (non-hydrogen) atoms. The zero-order valence-electron chi connectivity index (χ0n) is 16.9. The third kappa shape index (κ3) is 3.68. The van der Waals surface area contributed by atoms with Crippen molar-refractivity contribution in [2.24, 2.45) is 0 Å². The molecule has 1 atom stereocenters. The van der Waals surface area contributed by atoms with Crippen LogP contribution in [0.2, 0.25) is 0 Å². The Balaban J connectivity index is 1.72. The molecule has 3 aromatic rings. The van der Waals surface area contributed by atoms with Crippen LogP contribution < -0.4 is 5.32 Å². The lowest BCUT2D eigenvalue weighted by Crippen LogP contribution is -2.39. The minimum absolute atomic E-state index is 0.0733. The smallest absolute Gasteiger partial charge is 0.335 e. The minimum atomic E-state index is -4.28. The van der Waals surface area contributed by atoms with Crippen LogP contribution in [-0.2, 0) is 6.54 Å². The first-order valence-electron chi connectivity index (χ1n) is 10.1. The summed E-state index contributed by atoms with van der Waals surface area (Å²) in [6, 6.07) is 10.8. The Morgan fingerprint density at radius 1 is 1.27 bits per heavy atom. The number of fused-ring (bicyclic) bond motifs is 1. The number of hydrogen-bond acceptors (Lipinski definition) is 3. The fourth-order valence-corrected chi connectivity index (χ4v) is 3.87. The number of aryl methyl sites for hydroxylation is 1. The second kappa shape index (κ2) is 7.77. The summed E-state index contributed by atoms with van der Waals surface area (Å²) >= 11 is 0. The number of halogens is 3. The molecule has 1 aromatic carbocycles. The molecule has 1 unspecified atom stereocenters. The number of aromatic nitrogens is 2. The molecule has 7 heteroatoms. The molecule has 1 saturated carbocycles. The first kappa shape index (κ1) is 20.4. The zero-order chi connectivity index (χ0) is 21.5. The van der Waals surface area contributed by atoms with E-state index in [1.165, 1.54) is 0 Å². The van der Waals surface area contributed by atoms with E-state index in [1.54, 1.807) is 18.3 Å². The number of nitrogens with one attached hydrogen (secondary N) is 1. The first-order chi connectivity index (χ1) is 14.3. The summed E-state index contributed by atoms with van der Waals surface area (Å²) in [6.07, 6.45) is 0.588. The topological polar surface area (TPSA) is 53.6 Å². The molecule has 4 rings (SSSR count). The largest absolute Gasteiger partial charge is 0.403 e. The van der Waals surface area contributed by atoms with Crippen molar-refractivity contribution in [1.29, 1.82) is 5.26 Å². The molecule has 0 saturated heterocycles. The Hall–Kier alpha value is -2.85. The lowest BCUT2D eigenvalue weighted by molar-refractivity contribution is -0.151. The summed E-state index contributed by atoms with van der Waals surface area (Å²) in [4.78, 5) is 4.52. The lowest BCUT2D eigenvalue weighted by Gasteiger charge is -2.30. The van der Waals surface area contributed by atoms with E-state index in [-0.39, 0.29) is 6.54 Å². The second-order valence-corrected chi connectivity index (χ2v) is 8.01. The van der Waals surface area contributed by atoms with Gasteiger partial charge in [0.25, 0.3) is 0 Å². The molecule has 4 nitrogen and oxygen atoms in total. The predicted octanol–water partition coefficient (Wildman–Crippen LogP) is 5.65. The Morgan fingerprint density at radius 2 is 2.03 bits per heavy atom. The van der Waals surface area contributed by atoms with Crippen LogP contribution in [-0.4, -0.2) is 21.8 Å². The Kier molecular flexibility index (Phi) is 5.29. The Labute approximate surface area is 173 Å². The standard InChI is InChI=1S/C23H23F3N4/c1-14-6-8-18-19(11-27)22(30(21(18)10-14)17-4-3-5-17)20-9-7-16(13-29-20)12-28-15(2)23(24,25)26/h6-10,13,15,17,28H,3-5,12H2,1-2H3. The summed E-state index contributed by atoms with van der Waals surface area (Å²) in [5, 5.41) is 13.3. The van der Waals surface area contributed by atoms with Crippen molar-refractivity contribution in [2.45, 2.75) is 57.9 Å². The molecule has 0 bridgehead atoms. The number of alkyl halides is 3. The van der Waals surface area contributed by atoms with Crippen LogP contribution in [0.25, 0.3) is 22.3 Å². The summed E-state index contributed by atoms with van der Waals surface area (Å²) in [6.45, 7) is 3.20. The van der Waals surface area contributed by atoms with Gasteiger partial charge in [-0.25, -0.2) is 0 Å². The Bertz CT molecular complexity index is 1100. The van der Waals surface area contributed by atoms with Gasteiger partial charge in [0.1, 0.15) is 12.1 Å². The highest BCUT2D eigenvalue weighted by Gasteiger charge is 2.35. The normalized spacial score (nSPS) is 15.7. The summed E-state index contributed by atoms with van der Waals surface area (Å²) in [5.74, 6) is 0. The van der Waals surface area contributed by atoms with Crippen LogP contribution >= 0.6 is 0 Å². The quantitative estimate of drug-likeness (QED) is 0.589. The van der Waals surface area contributed by atoms with Gasteiger partial charge >= 0.3 is 6.18 Å². The number of nitriles is 1. The number of pyridine rings is 1. The van der Waals surface area contributed by atoms with Crippen molar-refractivity contribution in [3.05, 3.63) is 53.2 Å². The molecule has 1 N–H and O–H groups in total. The summed E-state index contributed by atoms with van der Waals surface area (Å²) in [7, 11) is 0. The molecule has 2 heterocycles. The van der Waals surface area contributed by atoms with E-state index in [9.17, 15) is 18.4 Å². The van der Waals surface area contributed by atoms with Gasteiger partial charge in [-0.05, 0) is 56.4 Å². The van der Waals surface area contributed by atoms with Crippen molar-refractivity contribution in [2.75, 3.05) is 0 Å². The molecular formula is C23H23F3N4.